The van der Waals surface area contributed by atoms with Crippen molar-refractivity contribution < 1.29 is 10.2 Å². The van der Waals surface area contributed by atoms with Gasteiger partial charge in [0.1, 0.15) is 0 Å². The summed E-state index contributed by atoms with van der Waals surface area (Å²) < 4.78 is 0. The van der Waals surface area contributed by atoms with Gasteiger partial charge in [-0.1, -0.05) is 0 Å². The number of hydrogen-bond acceptors (Lipinski definition) is 3. The van der Waals surface area contributed by atoms with Gasteiger partial charge < -0.3 is 15.1 Å². The highest BCUT2D eigenvalue weighted by molar-refractivity contribution is 4.86. The van der Waals surface area contributed by atoms with Crippen molar-refractivity contribution in [1.82, 2.24) is 4.90 Å². The second-order valence-corrected chi connectivity index (χ2v) is 4.79. The molecule has 3 nitrogen and oxygen atoms in total. The van der Waals surface area contributed by atoms with Crippen LogP contribution in [0.1, 0.15) is 32.6 Å². The summed E-state index contributed by atoms with van der Waals surface area (Å²) in [7, 11) is 2.11. The zero-order valence-electron chi connectivity index (χ0n) is 9.37. The fourth-order valence-corrected chi connectivity index (χ4v) is 2.32. The van der Waals surface area contributed by atoms with Crippen molar-refractivity contribution in [3.8, 4) is 0 Å². The van der Waals surface area contributed by atoms with E-state index >= 15 is 0 Å². The van der Waals surface area contributed by atoms with Gasteiger partial charge in [-0.05, 0) is 46.2 Å². The van der Waals surface area contributed by atoms with Gasteiger partial charge in [0.2, 0.25) is 0 Å². The fraction of sp³-hybridized carbons (Fsp3) is 1.00. The smallest absolute Gasteiger partial charge is 0.0660 e. The number of rotatable bonds is 4. The van der Waals surface area contributed by atoms with Crippen molar-refractivity contribution in [3.63, 3.8) is 0 Å². The van der Waals surface area contributed by atoms with Crippen molar-refractivity contribution in [2.24, 2.45) is 5.92 Å². The molecule has 2 N–H and O–H groups in total. The van der Waals surface area contributed by atoms with Gasteiger partial charge in [0.25, 0.3) is 0 Å². The van der Waals surface area contributed by atoms with Crippen LogP contribution in [0, 0.1) is 5.92 Å². The molecule has 0 bridgehead atoms. The first-order valence-electron chi connectivity index (χ1n) is 5.58. The Balaban J connectivity index is 2.43. The average Bonchev–Trinajstić information content (AvgIpc) is 2.15. The van der Waals surface area contributed by atoms with E-state index < -0.39 is 5.60 Å². The molecule has 84 valence electrons. The molecule has 1 aliphatic rings. The van der Waals surface area contributed by atoms with Crippen LogP contribution in [-0.2, 0) is 0 Å². The van der Waals surface area contributed by atoms with Crippen molar-refractivity contribution >= 4 is 0 Å². The average molecular weight is 201 g/mol. The van der Waals surface area contributed by atoms with E-state index in [0.29, 0.717) is 18.8 Å². The summed E-state index contributed by atoms with van der Waals surface area (Å²) in [6.07, 6.45) is 3.70. The first-order valence-corrected chi connectivity index (χ1v) is 5.58. The monoisotopic (exact) mass is 201 g/mol. The van der Waals surface area contributed by atoms with Gasteiger partial charge in [0.05, 0.1) is 5.60 Å². The van der Waals surface area contributed by atoms with E-state index in [1.807, 2.05) is 6.92 Å². The summed E-state index contributed by atoms with van der Waals surface area (Å²) in [5, 5.41) is 19.0. The summed E-state index contributed by atoms with van der Waals surface area (Å²) >= 11 is 0. The second kappa shape index (κ2) is 5.10. The standard InChI is InChI=1S/C11H23NO2/c1-11(14,6-4-8-13)10-5-3-7-12(2)9-10/h10,13-14H,3-9H2,1-2H3. The van der Waals surface area contributed by atoms with E-state index in [1.165, 1.54) is 6.42 Å². The van der Waals surface area contributed by atoms with Crippen LogP contribution >= 0.6 is 0 Å². The van der Waals surface area contributed by atoms with Gasteiger partial charge in [-0.3, -0.25) is 0 Å². The molecule has 1 heterocycles. The van der Waals surface area contributed by atoms with Gasteiger partial charge in [-0.25, -0.2) is 0 Å². The van der Waals surface area contributed by atoms with Gasteiger partial charge in [-0.2, -0.15) is 0 Å². The Morgan fingerprint density at radius 3 is 2.79 bits per heavy atom. The normalized spacial score (nSPS) is 28.7. The minimum absolute atomic E-state index is 0.179. The molecular weight excluding hydrogens is 178 g/mol. The molecule has 2 unspecified atom stereocenters. The molecular formula is C11H23NO2. The minimum atomic E-state index is -0.600. The Morgan fingerprint density at radius 1 is 1.50 bits per heavy atom. The quantitative estimate of drug-likeness (QED) is 0.709. The fourth-order valence-electron chi connectivity index (χ4n) is 2.32. The first-order chi connectivity index (χ1) is 6.56. The Hall–Kier alpha value is -0.120. The molecule has 2 atom stereocenters. The Kier molecular flexibility index (Phi) is 4.35. The van der Waals surface area contributed by atoms with Crippen LogP contribution in [-0.4, -0.2) is 47.5 Å². The molecule has 1 saturated heterocycles. The molecule has 0 aromatic carbocycles. The predicted molar refractivity (Wildman–Crippen MR) is 57.2 cm³/mol. The van der Waals surface area contributed by atoms with Crippen LogP contribution in [0.5, 0.6) is 0 Å². The molecule has 0 radical (unpaired) electrons. The van der Waals surface area contributed by atoms with Crippen molar-refractivity contribution in [3.05, 3.63) is 0 Å². The minimum Gasteiger partial charge on any atom is -0.396 e. The highest BCUT2D eigenvalue weighted by Gasteiger charge is 2.33. The maximum Gasteiger partial charge on any atom is 0.0660 e. The van der Waals surface area contributed by atoms with Crippen molar-refractivity contribution in [2.75, 3.05) is 26.7 Å². The molecule has 0 amide bonds. The highest BCUT2D eigenvalue weighted by atomic mass is 16.3. The Bertz CT molecular complexity index is 171. The molecule has 1 fully saturated rings. The molecule has 14 heavy (non-hydrogen) atoms. The van der Waals surface area contributed by atoms with Crippen LogP contribution in [0.15, 0.2) is 0 Å². The third-order valence-corrected chi connectivity index (χ3v) is 3.35. The van der Waals surface area contributed by atoms with Gasteiger partial charge in [0, 0.05) is 19.1 Å². The lowest BCUT2D eigenvalue weighted by atomic mass is 9.80. The van der Waals surface area contributed by atoms with E-state index in [4.69, 9.17) is 5.11 Å². The number of aliphatic hydroxyl groups is 2. The third-order valence-electron chi connectivity index (χ3n) is 3.35. The molecule has 0 aliphatic carbocycles. The second-order valence-electron chi connectivity index (χ2n) is 4.79. The summed E-state index contributed by atoms with van der Waals surface area (Å²) in [5.41, 5.74) is -0.600. The number of likely N-dealkylation sites (tertiary alicyclic amines) is 1. The van der Waals surface area contributed by atoms with Crippen LogP contribution in [0.2, 0.25) is 0 Å². The number of nitrogens with zero attached hydrogens (tertiary/aromatic N) is 1. The summed E-state index contributed by atoms with van der Waals surface area (Å²) in [6, 6.07) is 0. The predicted octanol–water partition coefficient (Wildman–Crippen LogP) is 0.852. The Labute approximate surface area is 86.7 Å². The van der Waals surface area contributed by atoms with Gasteiger partial charge in [-0.15, -0.1) is 0 Å². The highest BCUT2D eigenvalue weighted by Crippen LogP contribution is 2.29. The van der Waals surface area contributed by atoms with Gasteiger partial charge in [0.15, 0.2) is 0 Å². The third kappa shape index (κ3) is 3.23. The lowest BCUT2D eigenvalue weighted by Crippen LogP contribution is -2.45. The van der Waals surface area contributed by atoms with Crippen LogP contribution in [0.4, 0.5) is 0 Å². The SMILES string of the molecule is CN1CCCC(C(C)(O)CCCO)C1. The Morgan fingerprint density at radius 2 is 2.21 bits per heavy atom. The van der Waals surface area contributed by atoms with E-state index in [9.17, 15) is 5.11 Å². The summed E-state index contributed by atoms with van der Waals surface area (Å²) in [4.78, 5) is 2.28. The number of aliphatic hydroxyl groups excluding tert-OH is 1. The molecule has 0 aromatic rings. The molecule has 1 rings (SSSR count). The van der Waals surface area contributed by atoms with Crippen LogP contribution in [0.25, 0.3) is 0 Å². The largest absolute Gasteiger partial charge is 0.396 e. The zero-order valence-corrected chi connectivity index (χ0v) is 9.37. The zero-order chi connectivity index (χ0) is 10.6. The van der Waals surface area contributed by atoms with Crippen LogP contribution < -0.4 is 0 Å². The molecule has 0 aromatic heterocycles. The lowest BCUT2D eigenvalue weighted by Gasteiger charge is -2.39. The van der Waals surface area contributed by atoms with E-state index in [-0.39, 0.29) is 6.61 Å². The molecule has 3 heteroatoms. The maximum atomic E-state index is 10.3. The van der Waals surface area contributed by atoms with Gasteiger partial charge >= 0.3 is 0 Å². The maximum absolute atomic E-state index is 10.3. The van der Waals surface area contributed by atoms with Crippen molar-refractivity contribution in [2.45, 2.75) is 38.2 Å². The van der Waals surface area contributed by atoms with Crippen LogP contribution in [0.3, 0.4) is 0 Å². The molecule has 1 aliphatic heterocycles. The summed E-state index contributed by atoms with van der Waals surface area (Å²) in [5.74, 6) is 0.368. The number of hydrogen-bond donors (Lipinski definition) is 2. The van der Waals surface area contributed by atoms with E-state index in [0.717, 1.165) is 19.5 Å². The van der Waals surface area contributed by atoms with Crippen molar-refractivity contribution in [1.29, 1.82) is 0 Å². The van der Waals surface area contributed by atoms with E-state index in [2.05, 4.69) is 11.9 Å². The molecule has 0 spiro atoms. The number of piperidine rings is 1. The first kappa shape index (κ1) is 12.0. The topological polar surface area (TPSA) is 43.7 Å². The lowest BCUT2D eigenvalue weighted by molar-refractivity contribution is -0.0389. The molecule has 0 saturated carbocycles. The van der Waals surface area contributed by atoms with E-state index in [1.54, 1.807) is 0 Å². The summed E-state index contributed by atoms with van der Waals surface area (Å²) in [6.45, 7) is 4.22.